The third-order valence-electron chi connectivity index (χ3n) is 5.64. The summed E-state index contributed by atoms with van der Waals surface area (Å²) in [6, 6.07) is 2.13. The first-order valence-electron chi connectivity index (χ1n) is 9.88. The number of aromatic nitrogens is 2. The number of hydrogen-bond donors (Lipinski definition) is 2. The van der Waals surface area contributed by atoms with Crippen LogP contribution in [0, 0.1) is 0 Å². The molecule has 2 aliphatic rings. The topological polar surface area (TPSA) is 53.1 Å². The van der Waals surface area contributed by atoms with E-state index in [1.165, 1.54) is 0 Å². The Labute approximate surface area is 174 Å². The molecule has 2 atom stereocenters. The lowest BCUT2D eigenvalue weighted by molar-refractivity contribution is -0.143. The first-order chi connectivity index (χ1) is 14.5. The standard InChI is InChI=1S/C20H21F6N5/c1-11-4-16(2-3-27-11)31-9-12-8-28-18(30-17(12)10-31)29-15-6-13(19(21,22)23)5-14(7-15)20(24,25)26/h5-8,11,16,27H,2-4,9-10H2,1H3,(H,28,29,30)/t11-,16-/m1/s1. The number of hydrogen-bond acceptors (Lipinski definition) is 5. The van der Waals surface area contributed by atoms with Gasteiger partial charge in [-0.3, -0.25) is 4.90 Å². The number of anilines is 2. The molecule has 0 spiro atoms. The SMILES string of the molecule is C[C@@H]1C[C@H](N2Cc3cnc(Nc4cc(C(F)(F)F)cc(C(F)(F)F)c4)nc3C2)CCN1. The first-order valence-corrected chi connectivity index (χ1v) is 9.88. The molecule has 168 valence electrons. The summed E-state index contributed by atoms with van der Waals surface area (Å²) in [5, 5.41) is 5.91. The van der Waals surface area contributed by atoms with Crippen LogP contribution < -0.4 is 10.6 Å². The zero-order valence-electron chi connectivity index (χ0n) is 16.6. The highest BCUT2D eigenvalue weighted by Gasteiger charge is 2.37. The Morgan fingerprint density at radius 1 is 1.03 bits per heavy atom. The smallest absolute Gasteiger partial charge is 0.324 e. The number of nitrogens with one attached hydrogen (secondary N) is 2. The van der Waals surface area contributed by atoms with Gasteiger partial charge in [0.15, 0.2) is 0 Å². The fourth-order valence-electron chi connectivity index (χ4n) is 4.09. The normalized spacial score (nSPS) is 22.4. The summed E-state index contributed by atoms with van der Waals surface area (Å²) in [6.07, 6.45) is -6.25. The van der Waals surface area contributed by atoms with E-state index in [0.717, 1.165) is 30.6 Å². The summed E-state index contributed by atoms with van der Waals surface area (Å²) in [7, 11) is 0. The molecule has 1 fully saturated rings. The van der Waals surface area contributed by atoms with Crippen LogP contribution in [0.25, 0.3) is 0 Å². The molecular weight excluding hydrogens is 424 g/mol. The summed E-state index contributed by atoms with van der Waals surface area (Å²) < 4.78 is 78.4. The Kier molecular flexibility index (Phi) is 5.59. The molecule has 2 N–H and O–H groups in total. The van der Waals surface area contributed by atoms with Crippen LogP contribution in [-0.2, 0) is 25.4 Å². The van der Waals surface area contributed by atoms with Crippen molar-refractivity contribution in [1.29, 1.82) is 0 Å². The molecule has 1 aromatic carbocycles. The first kappa shape index (κ1) is 21.8. The lowest BCUT2D eigenvalue weighted by atomic mass is 9.99. The molecule has 4 rings (SSSR count). The van der Waals surface area contributed by atoms with Gasteiger partial charge in [-0.1, -0.05) is 0 Å². The molecule has 2 aromatic rings. The van der Waals surface area contributed by atoms with Crippen molar-refractivity contribution in [3.63, 3.8) is 0 Å². The van der Waals surface area contributed by atoms with Crippen LogP contribution >= 0.6 is 0 Å². The van der Waals surface area contributed by atoms with Gasteiger partial charge in [-0.05, 0) is 44.5 Å². The fraction of sp³-hybridized carbons (Fsp3) is 0.500. The molecule has 0 saturated carbocycles. The van der Waals surface area contributed by atoms with E-state index in [9.17, 15) is 26.3 Å². The third-order valence-corrected chi connectivity index (χ3v) is 5.64. The Bertz CT molecular complexity index is 926. The van der Waals surface area contributed by atoms with Crippen molar-refractivity contribution in [2.75, 3.05) is 11.9 Å². The maximum atomic E-state index is 13.1. The van der Waals surface area contributed by atoms with Gasteiger partial charge in [-0.15, -0.1) is 0 Å². The number of benzene rings is 1. The highest BCUT2D eigenvalue weighted by atomic mass is 19.4. The summed E-state index contributed by atoms with van der Waals surface area (Å²) in [6.45, 7) is 4.30. The lowest BCUT2D eigenvalue weighted by Crippen LogP contribution is -2.45. The maximum Gasteiger partial charge on any atom is 0.416 e. The van der Waals surface area contributed by atoms with E-state index in [2.05, 4.69) is 32.4 Å². The Morgan fingerprint density at radius 2 is 1.71 bits per heavy atom. The second-order valence-electron chi connectivity index (χ2n) is 8.02. The zero-order chi connectivity index (χ0) is 22.4. The predicted octanol–water partition coefficient (Wildman–Crippen LogP) is 4.71. The molecule has 3 heterocycles. The van der Waals surface area contributed by atoms with E-state index in [-0.39, 0.29) is 17.7 Å². The Balaban J connectivity index is 1.55. The molecule has 0 radical (unpaired) electrons. The van der Waals surface area contributed by atoms with Crippen LogP contribution in [0.3, 0.4) is 0 Å². The molecule has 0 aliphatic carbocycles. The molecule has 0 bridgehead atoms. The molecule has 11 heteroatoms. The summed E-state index contributed by atoms with van der Waals surface area (Å²) in [5.74, 6) is -0.0354. The van der Waals surface area contributed by atoms with E-state index < -0.39 is 23.5 Å². The molecular formula is C20H21F6N5. The molecule has 0 unspecified atom stereocenters. The van der Waals surface area contributed by atoms with E-state index >= 15 is 0 Å². The van der Waals surface area contributed by atoms with E-state index in [1.807, 2.05) is 0 Å². The van der Waals surface area contributed by atoms with Gasteiger partial charge in [-0.2, -0.15) is 26.3 Å². The van der Waals surface area contributed by atoms with Crippen LogP contribution in [0.15, 0.2) is 24.4 Å². The number of fused-ring (bicyclic) bond motifs is 1. The summed E-state index contributed by atoms with van der Waals surface area (Å²) >= 11 is 0. The molecule has 1 aromatic heterocycles. The van der Waals surface area contributed by atoms with Crippen molar-refractivity contribution in [3.05, 3.63) is 46.8 Å². The quantitative estimate of drug-likeness (QED) is 0.670. The maximum absolute atomic E-state index is 13.1. The van der Waals surface area contributed by atoms with Crippen LogP contribution in [0.5, 0.6) is 0 Å². The van der Waals surface area contributed by atoms with Crippen molar-refractivity contribution < 1.29 is 26.3 Å². The molecule has 1 saturated heterocycles. The summed E-state index contributed by atoms with van der Waals surface area (Å²) in [5.41, 5.74) is -1.51. The highest BCUT2D eigenvalue weighted by Crippen LogP contribution is 2.38. The number of halogens is 6. The van der Waals surface area contributed by atoms with Gasteiger partial charge in [0.2, 0.25) is 5.95 Å². The Morgan fingerprint density at radius 3 is 2.32 bits per heavy atom. The van der Waals surface area contributed by atoms with Gasteiger partial charge in [0.25, 0.3) is 0 Å². The Hall–Kier alpha value is -2.40. The van der Waals surface area contributed by atoms with E-state index in [4.69, 9.17) is 0 Å². The zero-order valence-corrected chi connectivity index (χ0v) is 16.6. The van der Waals surface area contributed by atoms with Crippen LogP contribution in [0.1, 0.15) is 42.1 Å². The van der Waals surface area contributed by atoms with Gasteiger partial charge in [-0.25, -0.2) is 9.97 Å². The van der Waals surface area contributed by atoms with Crippen LogP contribution in [-0.4, -0.2) is 33.5 Å². The van der Waals surface area contributed by atoms with Crippen molar-refractivity contribution >= 4 is 11.6 Å². The van der Waals surface area contributed by atoms with Gasteiger partial charge in [0.1, 0.15) is 0 Å². The van der Waals surface area contributed by atoms with Gasteiger partial charge < -0.3 is 10.6 Å². The fourth-order valence-corrected chi connectivity index (χ4v) is 4.09. The van der Waals surface area contributed by atoms with Gasteiger partial charge >= 0.3 is 12.4 Å². The third kappa shape index (κ3) is 4.93. The summed E-state index contributed by atoms with van der Waals surface area (Å²) in [4.78, 5) is 10.7. The second-order valence-corrected chi connectivity index (χ2v) is 8.02. The van der Waals surface area contributed by atoms with Crippen molar-refractivity contribution in [3.8, 4) is 0 Å². The molecule has 5 nitrogen and oxygen atoms in total. The van der Waals surface area contributed by atoms with Crippen LogP contribution in [0.2, 0.25) is 0 Å². The number of nitrogens with zero attached hydrogens (tertiary/aromatic N) is 3. The van der Waals surface area contributed by atoms with E-state index in [0.29, 0.717) is 37.3 Å². The van der Waals surface area contributed by atoms with E-state index in [1.54, 1.807) is 6.20 Å². The molecule has 31 heavy (non-hydrogen) atoms. The number of alkyl halides is 6. The van der Waals surface area contributed by atoms with Gasteiger partial charge in [0.05, 0.1) is 16.8 Å². The highest BCUT2D eigenvalue weighted by molar-refractivity contribution is 5.57. The average molecular weight is 445 g/mol. The average Bonchev–Trinajstić information content (AvgIpc) is 3.10. The van der Waals surface area contributed by atoms with Crippen molar-refractivity contribution in [2.45, 2.75) is 57.3 Å². The minimum Gasteiger partial charge on any atom is -0.324 e. The number of piperidine rings is 1. The number of rotatable bonds is 3. The largest absolute Gasteiger partial charge is 0.416 e. The van der Waals surface area contributed by atoms with Crippen molar-refractivity contribution in [2.24, 2.45) is 0 Å². The van der Waals surface area contributed by atoms with Crippen molar-refractivity contribution in [1.82, 2.24) is 20.2 Å². The minimum absolute atomic E-state index is 0.0354. The second kappa shape index (κ2) is 7.94. The minimum atomic E-state index is -4.91. The monoisotopic (exact) mass is 445 g/mol. The molecule has 0 amide bonds. The lowest BCUT2D eigenvalue weighted by Gasteiger charge is -2.34. The van der Waals surface area contributed by atoms with Gasteiger partial charge in [0, 0.05) is 42.6 Å². The van der Waals surface area contributed by atoms with Crippen LogP contribution in [0.4, 0.5) is 38.0 Å². The predicted molar refractivity (Wildman–Crippen MR) is 101 cm³/mol. The molecule has 2 aliphatic heterocycles.